The van der Waals surface area contributed by atoms with Crippen molar-refractivity contribution in [1.82, 2.24) is 0 Å². The van der Waals surface area contributed by atoms with Crippen LogP contribution in [0.1, 0.15) is 39.2 Å². The lowest BCUT2D eigenvalue weighted by atomic mass is 10.1. The van der Waals surface area contributed by atoms with E-state index in [0.29, 0.717) is 10.7 Å². The fourth-order valence-corrected chi connectivity index (χ4v) is 5.11. The van der Waals surface area contributed by atoms with Gasteiger partial charge < -0.3 is 16.0 Å². The molecule has 3 N–H and O–H groups in total. The zero-order valence-corrected chi connectivity index (χ0v) is 23.1. The summed E-state index contributed by atoms with van der Waals surface area (Å²) < 4.78 is 0. The Morgan fingerprint density at radius 2 is 1.37 bits per heavy atom. The van der Waals surface area contributed by atoms with Gasteiger partial charge in [0, 0.05) is 27.5 Å². The van der Waals surface area contributed by atoms with Crippen LogP contribution in [-0.2, 0) is 4.79 Å². The van der Waals surface area contributed by atoms with Crippen LogP contribution in [0.5, 0.6) is 0 Å². The first kappa shape index (κ1) is 27.1. The Morgan fingerprint density at radius 1 is 0.711 bits per heavy atom. The Balaban J connectivity index is 1.47. The monoisotopic (exact) mass is 539 g/mol. The van der Waals surface area contributed by atoms with E-state index >= 15 is 0 Å². The van der Waals surface area contributed by atoms with Crippen molar-refractivity contribution in [3.63, 3.8) is 0 Å². The molecule has 0 spiro atoms. The van der Waals surface area contributed by atoms with E-state index in [-0.39, 0.29) is 11.7 Å². The number of ketones is 1. The van der Waals surface area contributed by atoms with Crippen molar-refractivity contribution >= 4 is 57.8 Å². The van der Waals surface area contributed by atoms with Gasteiger partial charge in [0.05, 0.1) is 0 Å². The minimum atomic E-state index is -0.446. The molecular formula is C31H29N3O2S2. The lowest BCUT2D eigenvalue weighted by Crippen LogP contribution is -2.19. The van der Waals surface area contributed by atoms with Crippen molar-refractivity contribution < 1.29 is 9.59 Å². The van der Waals surface area contributed by atoms with Gasteiger partial charge >= 0.3 is 0 Å². The number of nitrogens with one attached hydrogen (secondary N) is 3. The second-order valence-corrected chi connectivity index (χ2v) is 10.5. The smallest absolute Gasteiger partial charge is 0.242 e. The summed E-state index contributed by atoms with van der Waals surface area (Å²) in [5.74, 6) is -0.0722. The zero-order chi connectivity index (χ0) is 27.1. The Kier molecular flexibility index (Phi) is 8.94. The van der Waals surface area contributed by atoms with E-state index in [1.54, 1.807) is 12.1 Å². The van der Waals surface area contributed by atoms with E-state index in [4.69, 9.17) is 12.2 Å². The number of Topliss-reactive ketones (excluding diaryl/α,β-unsaturated/α-hetero) is 1. The predicted molar refractivity (Wildman–Crippen MR) is 162 cm³/mol. The number of amides is 1. The number of hydrogen-bond donors (Lipinski definition) is 3. The van der Waals surface area contributed by atoms with Crippen LogP contribution in [0.15, 0.2) is 102 Å². The molecule has 1 unspecified atom stereocenters. The number of thioether (sulfide) groups is 1. The lowest BCUT2D eigenvalue weighted by molar-refractivity contribution is -0.115. The minimum Gasteiger partial charge on any atom is -0.332 e. The van der Waals surface area contributed by atoms with Gasteiger partial charge in [0.25, 0.3) is 0 Å². The molecule has 192 valence electrons. The van der Waals surface area contributed by atoms with Crippen LogP contribution in [0.25, 0.3) is 0 Å². The van der Waals surface area contributed by atoms with Gasteiger partial charge in [-0.15, -0.1) is 11.8 Å². The highest BCUT2D eigenvalue weighted by molar-refractivity contribution is 8.00. The zero-order valence-electron chi connectivity index (χ0n) is 21.4. The number of carbonyl (C=O) groups excluding carboxylic acids is 2. The summed E-state index contributed by atoms with van der Waals surface area (Å²) >= 11 is 6.96. The molecule has 4 aromatic carbocycles. The fourth-order valence-electron chi connectivity index (χ4n) is 3.79. The Morgan fingerprint density at radius 3 is 2.05 bits per heavy atom. The summed E-state index contributed by atoms with van der Waals surface area (Å²) in [4.78, 5) is 25.9. The molecule has 1 amide bonds. The first-order valence-electron chi connectivity index (χ1n) is 12.2. The Hall–Kier alpha value is -3.94. The standard InChI is InChI=1S/C31H29N3O2S2/c1-20-12-15-27(18-21(20)2)32-30(36)29(24-8-5-4-6-9-24)38-28-11-7-10-26(19-28)34-31(37)33-25-16-13-23(14-17-25)22(3)35/h4-19,29H,1-3H3,(H,32,36)(H2,33,34,37). The fraction of sp³-hybridized carbons (Fsp3) is 0.129. The number of rotatable bonds is 8. The molecule has 5 nitrogen and oxygen atoms in total. The number of thiocarbonyl (C=S) groups is 1. The molecule has 0 aliphatic heterocycles. The Labute approximate surface area is 233 Å². The minimum absolute atomic E-state index is 0.0167. The topological polar surface area (TPSA) is 70.2 Å². The van der Waals surface area contributed by atoms with Gasteiger partial charge in [0.2, 0.25) is 5.91 Å². The third kappa shape index (κ3) is 7.31. The average Bonchev–Trinajstić information content (AvgIpc) is 2.90. The van der Waals surface area contributed by atoms with Gasteiger partial charge in [-0.2, -0.15) is 0 Å². The van der Waals surface area contributed by atoms with Gasteiger partial charge in [-0.3, -0.25) is 9.59 Å². The quantitative estimate of drug-likeness (QED) is 0.121. The molecule has 0 aromatic heterocycles. The summed E-state index contributed by atoms with van der Waals surface area (Å²) in [5, 5.41) is 9.40. The van der Waals surface area contributed by atoms with Crippen LogP contribution in [-0.4, -0.2) is 16.8 Å². The molecule has 38 heavy (non-hydrogen) atoms. The molecule has 0 bridgehead atoms. The molecule has 4 rings (SSSR count). The third-order valence-corrected chi connectivity index (χ3v) is 7.46. The first-order chi connectivity index (χ1) is 18.3. The number of anilines is 3. The highest BCUT2D eigenvalue weighted by Crippen LogP contribution is 2.37. The van der Waals surface area contributed by atoms with E-state index in [1.807, 2.05) is 91.9 Å². The maximum absolute atomic E-state index is 13.4. The summed E-state index contributed by atoms with van der Waals surface area (Å²) in [6.07, 6.45) is 0. The highest BCUT2D eigenvalue weighted by Gasteiger charge is 2.22. The molecule has 0 heterocycles. The van der Waals surface area contributed by atoms with Crippen molar-refractivity contribution in [1.29, 1.82) is 0 Å². The number of benzene rings is 4. The molecule has 1 atom stereocenters. The molecule has 0 saturated heterocycles. The second-order valence-electron chi connectivity index (χ2n) is 8.94. The lowest BCUT2D eigenvalue weighted by Gasteiger charge is -2.18. The van der Waals surface area contributed by atoms with E-state index in [9.17, 15) is 9.59 Å². The van der Waals surface area contributed by atoms with E-state index in [1.165, 1.54) is 24.2 Å². The van der Waals surface area contributed by atoms with Crippen molar-refractivity contribution in [3.05, 3.63) is 119 Å². The molecule has 0 saturated carbocycles. The summed E-state index contributed by atoms with van der Waals surface area (Å²) in [7, 11) is 0. The molecule has 4 aromatic rings. The predicted octanol–water partition coefficient (Wildman–Crippen LogP) is 7.79. The highest BCUT2D eigenvalue weighted by atomic mass is 32.2. The SMILES string of the molecule is CC(=O)c1ccc(NC(=S)Nc2cccc(SC(C(=O)Nc3ccc(C)c(C)c3)c3ccccc3)c2)cc1. The second kappa shape index (κ2) is 12.5. The summed E-state index contributed by atoms with van der Waals surface area (Å²) in [6.45, 7) is 5.62. The maximum atomic E-state index is 13.4. The van der Waals surface area contributed by atoms with Crippen molar-refractivity contribution in [2.45, 2.75) is 30.9 Å². The van der Waals surface area contributed by atoms with Crippen LogP contribution < -0.4 is 16.0 Å². The van der Waals surface area contributed by atoms with Crippen LogP contribution in [0.2, 0.25) is 0 Å². The van der Waals surface area contributed by atoms with E-state index in [2.05, 4.69) is 22.9 Å². The third-order valence-electron chi connectivity index (χ3n) is 6.01. The maximum Gasteiger partial charge on any atom is 0.242 e. The molecule has 0 aliphatic rings. The van der Waals surface area contributed by atoms with Crippen LogP contribution >= 0.6 is 24.0 Å². The first-order valence-corrected chi connectivity index (χ1v) is 13.5. The van der Waals surface area contributed by atoms with Crippen molar-refractivity contribution in [3.8, 4) is 0 Å². The number of aryl methyl sites for hydroxylation is 2. The number of hydrogen-bond acceptors (Lipinski definition) is 4. The van der Waals surface area contributed by atoms with E-state index in [0.717, 1.165) is 33.1 Å². The summed E-state index contributed by atoms with van der Waals surface area (Å²) in [6, 6.07) is 30.6. The molecule has 0 radical (unpaired) electrons. The molecule has 0 aliphatic carbocycles. The molecule has 7 heteroatoms. The number of carbonyl (C=O) groups is 2. The van der Waals surface area contributed by atoms with Gasteiger partial charge in [0.15, 0.2) is 10.9 Å². The van der Waals surface area contributed by atoms with Crippen LogP contribution in [0.4, 0.5) is 17.1 Å². The Bertz CT molecular complexity index is 1450. The average molecular weight is 540 g/mol. The van der Waals surface area contributed by atoms with Crippen molar-refractivity contribution in [2.24, 2.45) is 0 Å². The molecule has 0 fully saturated rings. The van der Waals surface area contributed by atoms with E-state index < -0.39 is 5.25 Å². The van der Waals surface area contributed by atoms with Crippen LogP contribution in [0, 0.1) is 13.8 Å². The summed E-state index contributed by atoms with van der Waals surface area (Å²) in [5.41, 5.74) is 6.24. The van der Waals surface area contributed by atoms with Gasteiger partial charge in [-0.05, 0) is 104 Å². The van der Waals surface area contributed by atoms with Crippen LogP contribution in [0.3, 0.4) is 0 Å². The largest absolute Gasteiger partial charge is 0.332 e. The molecular weight excluding hydrogens is 510 g/mol. The van der Waals surface area contributed by atoms with Gasteiger partial charge in [-0.25, -0.2) is 0 Å². The normalized spacial score (nSPS) is 11.3. The van der Waals surface area contributed by atoms with Gasteiger partial charge in [0.1, 0.15) is 5.25 Å². The van der Waals surface area contributed by atoms with Gasteiger partial charge in [-0.1, -0.05) is 42.5 Å². The van der Waals surface area contributed by atoms with Crippen molar-refractivity contribution in [2.75, 3.05) is 16.0 Å².